The molecule has 0 unspecified atom stereocenters. The monoisotopic (exact) mass is 1360 g/mol. The van der Waals surface area contributed by atoms with Crippen LogP contribution in [-0.2, 0) is 53.6 Å². The van der Waals surface area contributed by atoms with Gasteiger partial charge in [-0.25, -0.2) is 9.18 Å². The number of amides is 5. The van der Waals surface area contributed by atoms with Crippen LogP contribution in [0.5, 0.6) is 0 Å². The Morgan fingerprint density at radius 3 is 1.97 bits per heavy atom. The second-order valence-corrected chi connectivity index (χ2v) is 26.3. The van der Waals surface area contributed by atoms with Crippen molar-refractivity contribution in [3.05, 3.63) is 190 Å². The van der Waals surface area contributed by atoms with Crippen LogP contribution in [0.15, 0.2) is 146 Å². The lowest BCUT2D eigenvalue weighted by molar-refractivity contribution is -0.143. The molecule has 0 bridgehead atoms. The Balaban J connectivity index is 0.595. The molecule has 0 saturated carbocycles. The number of likely N-dealkylation sites (tertiary alicyclic amines) is 2. The van der Waals surface area contributed by atoms with Crippen LogP contribution in [0.4, 0.5) is 46.9 Å². The number of nitrogens with zero attached hydrogens (tertiary/aromatic N) is 6. The summed E-state index contributed by atoms with van der Waals surface area (Å²) in [5.41, 5.74) is 1.27. The van der Waals surface area contributed by atoms with Gasteiger partial charge in [-0.05, 0) is 160 Å². The predicted octanol–water partition coefficient (Wildman–Crippen LogP) is 13.4. The van der Waals surface area contributed by atoms with E-state index in [1.54, 1.807) is 28.8 Å². The third-order valence-electron chi connectivity index (χ3n) is 19.8. The Bertz CT molecular complexity index is 3650. The SMILES string of the molecule is CN(CCN1CCC(OC(=O)Nc2ccccc2-c2ccccc2)CC1)C(=O)CCCCCNc1ccc(C(=O)N(C)CCCCN(C)C(=O)CO[C@H]2Cc3ccccc3C23CCN(CC[C@]2(c4ccc(F)cc4)CN(C(=O)c4cc(C(F)(F)F)cc(C(F)(F)F)c4)CO2)CC3)cc1. The standard InChI is InChI=1S/C75H87F7N8O8/c1-85(37-14-15-38-87(3)69(93)54-23-29-61(30-24-54)83-36-13-5-8-22-67(91)86(2)44-45-88-39-31-62(32-40-88)98-71(95)84-65-21-12-10-19-63(65)53-16-6-4-7-17-53)68(92)50-96-66-48-55-18-9-11-20-64(55)72(66)33-41-89(42-34-72)43-35-73(57-25-27-60(76)28-26-57)51-90(52-97-73)70(94)56-46-58(74(77,78)79)49-59(47-56)75(80,81)82/h4,6-7,9-12,16-21,23-30,46-47,49,62,66,83H,5,8,13-15,22,31-45,48,50-52H2,1-3H3,(H,84,95)/t66-,73+/m0/s1. The number of carbonyl (C=O) groups is 5. The molecule has 23 heteroatoms. The number of para-hydroxylation sites is 1. The summed E-state index contributed by atoms with van der Waals surface area (Å²) in [6, 6.07) is 39.4. The van der Waals surface area contributed by atoms with Crippen LogP contribution >= 0.6 is 0 Å². The van der Waals surface area contributed by atoms with Crippen molar-refractivity contribution in [2.75, 3.05) is 117 Å². The van der Waals surface area contributed by atoms with Crippen molar-refractivity contribution in [2.45, 2.75) is 113 Å². The second-order valence-electron chi connectivity index (χ2n) is 26.3. The van der Waals surface area contributed by atoms with E-state index < -0.39 is 64.6 Å². The van der Waals surface area contributed by atoms with Crippen LogP contribution in [0.2, 0.25) is 0 Å². The number of halogens is 7. The van der Waals surface area contributed by atoms with E-state index in [4.69, 9.17) is 14.2 Å². The maximum absolute atomic E-state index is 14.2. The van der Waals surface area contributed by atoms with Gasteiger partial charge < -0.3 is 48.9 Å². The van der Waals surface area contributed by atoms with Crippen molar-refractivity contribution in [3.63, 3.8) is 0 Å². The number of piperidine rings is 2. The number of hydrogen-bond donors (Lipinski definition) is 2. The lowest BCUT2D eigenvalue weighted by atomic mass is 9.72. The third kappa shape index (κ3) is 18.5. The number of benzene rings is 6. The smallest absolute Gasteiger partial charge is 0.416 e. The molecule has 98 heavy (non-hydrogen) atoms. The first-order valence-corrected chi connectivity index (χ1v) is 33.8. The summed E-state index contributed by atoms with van der Waals surface area (Å²) in [6.07, 6.45) is -3.13. The van der Waals surface area contributed by atoms with Gasteiger partial charge in [0.15, 0.2) is 0 Å². The van der Waals surface area contributed by atoms with E-state index in [2.05, 4.69) is 32.6 Å². The molecule has 3 fully saturated rings. The fraction of sp³-hybridized carbons (Fsp3) is 0.453. The molecule has 3 heterocycles. The topological polar surface area (TPSA) is 157 Å². The van der Waals surface area contributed by atoms with Crippen LogP contribution in [-0.4, -0.2) is 178 Å². The lowest BCUT2D eigenvalue weighted by Crippen LogP contribution is -2.50. The normalized spacial score (nSPS) is 18.1. The van der Waals surface area contributed by atoms with Gasteiger partial charge in [0.05, 0.1) is 29.5 Å². The van der Waals surface area contributed by atoms with E-state index in [0.717, 1.165) is 85.6 Å². The van der Waals surface area contributed by atoms with Gasteiger partial charge in [-0.2, -0.15) is 26.3 Å². The van der Waals surface area contributed by atoms with E-state index in [-0.39, 0.29) is 55.6 Å². The van der Waals surface area contributed by atoms with Crippen LogP contribution in [0, 0.1) is 5.82 Å². The number of ether oxygens (including phenoxy) is 3. The van der Waals surface area contributed by atoms with E-state index in [1.807, 2.05) is 98.0 Å². The number of likely N-dealkylation sites (N-methyl/N-ethyl adjacent to an activating group) is 2. The Morgan fingerprint density at radius 2 is 1.28 bits per heavy atom. The van der Waals surface area contributed by atoms with Crippen molar-refractivity contribution in [1.82, 2.24) is 29.4 Å². The first-order chi connectivity index (χ1) is 47.0. The quantitative estimate of drug-likeness (QED) is 0.0374. The summed E-state index contributed by atoms with van der Waals surface area (Å²) in [7, 11) is 5.36. The highest BCUT2D eigenvalue weighted by Crippen LogP contribution is 2.49. The molecule has 0 radical (unpaired) electrons. The fourth-order valence-electron chi connectivity index (χ4n) is 13.9. The third-order valence-corrected chi connectivity index (χ3v) is 19.8. The number of nitrogens with one attached hydrogen (secondary N) is 2. The van der Waals surface area contributed by atoms with Crippen LogP contribution in [0.25, 0.3) is 11.1 Å². The van der Waals surface area contributed by atoms with Crippen molar-refractivity contribution < 1.29 is 68.9 Å². The molecule has 524 valence electrons. The molecule has 10 rings (SSSR count). The number of rotatable bonds is 27. The first kappa shape index (κ1) is 72.4. The van der Waals surface area contributed by atoms with Crippen LogP contribution in [0.3, 0.4) is 0 Å². The van der Waals surface area contributed by atoms with Crippen molar-refractivity contribution in [3.8, 4) is 11.1 Å². The highest BCUT2D eigenvalue weighted by molar-refractivity contribution is 5.95. The van der Waals surface area contributed by atoms with E-state index in [9.17, 15) is 54.7 Å². The minimum Gasteiger partial charge on any atom is -0.446 e. The van der Waals surface area contributed by atoms with Crippen LogP contribution in [0.1, 0.15) is 119 Å². The number of carbonyl (C=O) groups excluding carboxylic acids is 5. The van der Waals surface area contributed by atoms with Gasteiger partial charge in [0.2, 0.25) is 11.8 Å². The molecule has 1 spiro atoms. The summed E-state index contributed by atoms with van der Waals surface area (Å²) < 4.78 is 116. The van der Waals surface area contributed by atoms with Gasteiger partial charge in [-0.15, -0.1) is 0 Å². The molecule has 1 aliphatic carbocycles. The molecule has 16 nitrogen and oxygen atoms in total. The van der Waals surface area contributed by atoms with Crippen LogP contribution < -0.4 is 10.6 Å². The molecule has 6 aromatic carbocycles. The average molecular weight is 1360 g/mol. The van der Waals surface area contributed by atoms with E-state index in [0.29, 0.717) is 107 Å². The Kier molecular flexibility index (Phi) is 24.0. The molecule has 2 N–H and O–H groups in total. The van der Waals surface area contributed by atoms with Gasteiger partial charge in [0, 0.05) is 108 Å². The average Bonchev–Trinajstić information content (AvgIpc) is 1.60. The summed E-state index contributed by atoms with van der Waals surface area (Å²) >= 11 is 0. The summed E-state index contributed by atoms with van der Waals surface area (Å²) in [5, 5.41) is 6.35. The fourth-order valence-corrected chi connectivity index (χ4v) is 13.9. The number of hydrogen-bond acceptors (Lipinski definition) is 11. The molecule has 6 aromatic rings. The van der Waals surface area contributed by atoms with Crippen molar-refractivity contribution in [2.24, 2.45) is 0 Å². The predicted molar refractivity (Wildman–Crippen MR) is 360 cm³/mol. The first-order valence-electron chi connectivity index (χ1n) is 33.8. The van der Waals surface area contributed by atoms with Gasteiger partial charge in [0.25, 0.3) is 11.8 Å². The zero-order chi connectivity index (χ0) is 69.6. The lowest BCUT2D eigenvalue weighted by Gasteiger charge is -2.44. The Labute approximate surface area is 568 Å². The highest BCUT2D eigenvalue weighted by Gasteiger charge is 2.50. The van der Waals surface area contributed by atoms with E-state index >= 15 is 0 Å². The zero-order valence-electron chi connectivity index (χ0n) is 55.8. The molecule has 3 aliphatic heterocycles. The molecule has 4 aliphatic rings. The maximum atomic E-state index is 14.2. The van der Waals surface area contributed by atoms with Crippen molar-refractivity contribution >= 4 is 41.1 Å². The second kappa shape index (κ2) is 32.5. The largest absolute Gasteiger partial charge is 0.446 e. The highest BCUT2D eigenvalue weighted by atomic mass is 19.4. The molecular weight excluding hydrogens is 1270 g/mol. The number of alkyl halides is 6. The summed E-state index contributed by atoms with van der Waals surface area (Å²) in [5.74, 6) is -1.75. The number of unbranched alkanes of at least 4 members (excludes halogenated alkanes) is 3. The molecule has 5 amide bonds. The van der Waals surface area contributed by atoms with Gasteiger partial charge in [-0.3, -0.25) is 24.5 Å². The molecule has 2 atom stereocenters. The summed E-state index contributed by atoms with van der Waals surface area (Å²) in [4.78, 5) is 77.4. The minimum absolute atomic E-state index is 0.0270. The Morgan fingerprint density at radius 1 is 0.643 bits per heavy atom. The molecule has 3 saturated heterocycles. The maximum Gasteiger partial charge on any atom is 0.416 e. The molecular formula is C75H87F7N8O8. The van der Waals surface area contributed by atoms with Crippen molar-refractivity contribution in [1.29, 1.82) is 0 Å². The van der Waals surface area contributed by atoms with Gasteiger partial charge in [0.1, 0.15) is 30.9 Å². The van der Waals surface area contributed by atoms with E-state index in [1.165, 1.54) is 29.8 Å². The Hall–Kier alpha value is -8.38. The minimum atomic E-state index is -5.15. The number of anilines is 2. The molecule has 0 aromatic heterocycles. The van der Waals surface area contributed by atoms with Gasteiger partial charge >= 0.3 is 18.4 Å². The van der Waals surface area contributed by atoms with Gasteiger partial charge in [-0.1, -0.05) is 91.3 Å². The zero-order valence-corrected chi connectivity index (χ0v) is 55.8. The number of fused-ring (bicyclic) bond motifs is 2. The summed E-state index contributed by atoms with van der Waals surface area (Å²) in [6.45, 7) is 5.55.